The van der Waals surface area contributed by atoms with Crippen LogP contribution in [0.5, 0.6) is 5.75 Å². The molecule has 0 spiro atoms. The van der Waals surface area contributed by atoms with Crippen LogP contribution in [0.2, 0.25) is 0 Å². The highest BCUT2D eigenvalue weighted by atomic mass is 32.2. The van der Waals surface area contributed by atoms with Gasteiger partial charge in [-0.3, -0.25) is 9.52 Å². The number of aliphatic hydroxyl groups is 1. The number of piperidine rings is 1. The minimum absolute atomic E-state index is 0.0620. The number of nitrogens with one attached hydrogen (secondary N) is 1. The number of benzene rings is 3. The van der Waals surface area contributed by atoms with E-state index < -0.39 is 16.1 Å². The Labute approximate surface area is 206 Å². The summed E-state index contributed by atoms with van der Waals surface area (Å²) < 4.78 is 34.1. The number of methoxy groups -OCH3 is 1. The highest BCUT2D eigenvalue weighted by Gasteiger charge is 2.30. The van der Waals surface area contributed by atoms with Crippen molar-refractivity contribution in [3.8, 4) is 5.75 Å². The number of hydrogen-bond acceptors (Lipinski definition) is 5. The van der Waals surface area contributed by atoms with Crippen LogP contribution >= 0.6 is 0 Å². The minimum Gasteiger partial charge on any atom is -0.495 e. The van der Waals surface area contributed by atoms with E-state index in [1.54, 1.807) is 23.1 Å². The lowest BCUT2D eigenvalue weighted by Crippen LogP contribution is -2.39. The van der Waals surface area contributed by atoms with Crippen LogP contribution in [0.15, 0.2) is 77.7 Å². The summed E-state index contributed by atoms with van der Waals surface area (Å²) in [4.78, 5) is 14.8. The smallest absolute Gasteiger partial charge is 0.265 e. The van der Waals surface area contributed by atoms with E-state index in [0.29, 0.717) is 31.6 Å². The van der Waals surface area contributed by atoms with Gasteiger partial charge in [-0.25, -0.2) is 8.42 Å². The van der Waals surface area contributed by atoms with E-state index in [9.17, 15) is 18.3 Å². The Morgan fingerprint density at radius 3 is 2.31 bits per heavy atom. The SMILES string of the molecule is COc1ccc(C(=O)N2CCC(C(O)c3ccccc3)CC2)cc1S(=O)(=O)Nc1ccc(C)cc1. The van der Waals surface area contributed by atoms with Crippen LogP contribution in [0, 0.1) is 12.8 Å². The molecular weight excluding hydrogens is 464 g/mol. The van der Waals surface area contributed by atoms with Gasteiger partial charge in [0, 0.05) is 24.3 Å². The van der Waals surface area contributed by atoms with E-state index in [4.69, 9.17) is 4.74 Å². The number of aliphatic hydroxyl groups excluding tert-OH is 1. The molecule has 35 heavy (non-hydrogen) atoms. The third-order valence-corrected chi connectivity index (χ3v) is 7.82. The molecule has 2 N–H and O–H groups in total. The van der Waals surface area contributed by atoms with Crippen LogP contribution in [0.4, 0.5) is 5.69 Å². The van der Waals surface area contributed by atoms with E-state index in [2.05, 4.69) is 4.72 Å². The zero-order valence-corrected chi connectivity index (χ0v) is 20.7. The van der Waals surface area contributed by atoms with Crippen molar-refractivity contribution >= 4 is 21.6 Å². The number of aryl methyl sites for hydroxylation is 1. The molecule has 1 aliphatic rings. The topological polar surface area (TPSA) is 95.9 Å². The number of carbonyl (C=O) groups is 1. The fraction of sp³-hybridized carbons (Fsp3) is 0.296. The molecule has 8 heteroatoms. The van der Waals surface area contributed by atoms with Gasteiger partial charge in [0.1, 0.15) is 10.6 Å². The Morgan fingerprint density at radius 2 is 1.69 bits per heavy atom. The molecule has 0 bridgehead atoms. The molecule has 7 nitrogen and oxygen atoms in total. The molecule has 1 amide bonds. The Bertz CT molecular complexity index is 1270. The second kappa shape index (κ2) is 10.5. The third-order valence-electron chi connectivity index (χ3n) is 6.42. The molecule has 1 aliphatic heterocycles. The Kier molecular flexibility index (Phi) is 7.42. The number of sulfonamides is 1. The standard InChI is InChI=1S/C27H30N2O5S/c1-19-8-11-23(12-9-19)28-35(32,33)25-18-22(10-13-24(25)34-2)27(31)29-16-14-21(15-17-29)26(30)20-6-4-3-5-7-20/h3-13,18,21,26,28,30H,14-17H2,1-2H3. The predicted octanol–water partition coefficient (Wildman–Crippen LogP) is 4.39. The van der Waals surface area contributed by atoms with Crippen molar-refractivity contribution in [2.24, 2.45) is 5.92 Å². The molecule has 3 aromatic carbocycles. The molecule has 1 unspecified atom stereocenters. The zero-order valence-electron chi connectivity index (χ0n) is 19.8. The molecule has 184 valence electrons. The van der Waals surface area contributed by atoms with Crippen molar-refractivity contribution in [2.75, 3.05) is 24.9 Å². The molecule has 4 rings (SSSR count). The molecule has 1 fully saturated rings. The number of anilines is 1. The van der Waals surface area contributed by atoms with Gasteiger partial charge in [-0.15, -0.1) is 0 Å². The van der Waals surface area contributed by atoms with Gasteiger partial charge in [0.2, 0.25) is 0 Å². The Morgan fingerprint density at radius 1 is 1.03 bits per heavy atom. The summed E-state index contributed by atoms with van der Waals surface area (Å²) in [6.45, 7) is 2.90. The number of nitrogens with zero attached hydrogens (tertiary/aromatic N) is 1. The fourth-order valence-electron chi connectivity index (χ4n) is 4.37. The monoisotopic (exact) mass is 494 g/mol. The van der Waals surface area contributed by atoms with Crippen LogP contribution in [0.3, 0.4) is 0 Å². The second-order valence-corrected chi connectivity index (χ2v) is 10.5. The Hall–Kier alpha value is -3.36. The van der Waals surface area contributed by atoms with E-state index in [1.165, 1.54) is 19.2 Å². The number of rotatable bonds is 7. The Balaban J connectivity index is 1.49. The number of likely N-dealkylation sites (tertiary alicyclic amines) is 1. The number of hydrogen-bond donors (Lipinski definition) is 2. The highest BCUT2D eigenvalue weighted by Crippen LogP contribution is 2.32. The van der Waals surface area contributed by atoms with Gasteiger partial charge in [-0.2, -0.15) is 0 Å². The molecule has 0 aliphatic carbocycles. The van der Waals surface area contributed by atoms with Crippen molar-refractivity contribution < 1.29 is 23.1 Å². The minimum atomic E-state index is -3.99. The maximum absolute atomic E-state index is 13.2. The first kappa shape index (κ1) is 24.8. The predicted molar refractivity (Wildman–Crippen MR) is 135 cm³/mol. The van der Waals surface area contributed by atoms with Crippen molar-refractivity contribution in [1.82, 2.24) is 4.90 Å². The van der Waals surface area contributed by atoms with Gasteiger partial charge in [0.15, 0.2) is 0 Å². The summed E-state index contributed by atoms with van der Waals surface area (Å²) in [7, 11) is -2.59. The molecule has 0 aromatic heterocycles. The van der Waals surface area contributed by atoms with Gasteiger partial charge in [-0.05, 0) is 61.6 Å². The summed E-state index contributed by atoms with van der Waals surface area (Å²) in [6, 6.07) is 21.0. The van der Waals surface area contributed by atoms with Gasteiger partial charge in [0.05, 0.1) is 13.2 Å². The zero-order chi connectivity index (χ0) is 25.0. The van der Waals surface area contributed by atoms with E-state index >= 15 is 0 Å². The first-order valence-corrected chi connectivity index (χ1v) is 13.1. The molecular formula is C27H30N2O5S. The van der Waals surface area contributed by atoms with E-state index in [1.807, 2.05) is 49.4 Å². The van der Waals surface area contributed by atoms with Crippen molar-refractivity contribution in [3.63, 3.8) is 0 Å². The lowest BCUT2D eigenvalue weighted by molar-refractivity contribution is 0.0462. The highest BCUT2D eigenvalue weighted by molar-refractivity contribution is 7.92. The molecule has 3 aromatic rings. The average Bonchev–Trinajstić information content (AvgIpc) is 2.89. The lowest BCUT2D eigenvalue weighted by Gasteiger charge is -2.34. The first-order chi connectivity index (χ1) is 16.8. The average molecular weight is 495 g/mol. The quantitative estimate of drug-likeness (QED) is 0.508. The molecule has 0 radical (unpaired) electrons. The van der Waals surface area contributed by atoms with E-state index in [0.717, 1.165) is 11.1 Å². The maximum atomic E-state index is 13.2. The fourth-order valence-corrected chi connectivity index (χ4v) is 5.63. The van der Waals surface area contributed by atoms with Gasteiger partial charge < -0.3 is 14.7 Å². The second-order valence-electron chi connectivity index (χ2n) is 8.82. The van der Waals surface area contributed by atoms with Crippen LogP contribution in [-0.2, 0) is 10.0 Å². The molecule has 1 heterocycles. The summed E-state index contributed by atoms with van der Waals surface area (Å²) >= 11 is 0. The molecule has 1 saturated heterocycles. The van der Waals surface area contributed by atoms with Gasteiger partial charge >= 0.3 is 0 Å². The van der Waals surface area contributed by atoms with Crippen molar-refractivity contribution in [2.45, 2.75) is 30.8 Å². The lowest BCUT2D eigenvalue weighted by atomic mass is 9.87. The van der Waals surface area contributed by atoms with Crippen LogP contribution in [0.25, 0.3) is 0 Å². The molecule has 0 saturated carbocycles. The number of carbonyl (C=O) groups excluding carboxylic acids is 1. The van der Waals surface area contributed by atoms with E-state index in [-0.39, 0.29) is 28.0 Å². The third kappa shape index (κ3) is 5.66. The normalized spacial score (nSPS) is 15.5. The maximum Gasteiger partial charge on any atom is 0.265 e. The van der Waals surface area contributed by atoms with Crippen LogP contribution < -0.4 is 9.46 Å². The van der Waals surface area contributed by atoms with Crippen LogP contribution in [0.1, 0.15) is 40.4 Å². The summed E-state index contributed by atoms with van der Waals surface area (Å²) in [5.41, 5.74) is 2.59. The summed E-state index contributed by atoms with van der Waals surface area (Å²) in [6.07, 6.45) is 0.759. The largest absolute Gasteiger partial charge is 0.495 e. The summed E-state index contributed by atoms with van der Waals surface area (Å²) in [5.74, 6) is -0.0232. The number of ether oxygens (including phenoxy) is 1. The molecule has 1 atom stereocenters. The van der Waals surface area contributed by atoms with Crippen LogP contribution in [-0.4, -0.2) is 44.5 Å². The first-order valence-electron chi connectivity index (χ1n) is 11.6. The summed E-state index contributed by atoms with van der Waals surface area (Å²) in [5, 5.41) is 10.7. The number of amides is 1. The van der Waals surface area contributed by atoms with Crippen molar-refractivity contribution in [3.05, 3.63) is 89.5 Å². The van der Waals surface area contributed by atoms with Gasteiger partial charge in [-0.1, -0.05) is 48.0 Å². The van der Waals surface area contributed by atoms with Gasteiger partial charge in [0.25, 0.3) is 15.9 Å². The van der Waals surface area contributed by atoms with Crippen molar-refractivity contribution in [1.29, 1.82) is 0 Å².